The molecule has 12 heavy (non-hydrogen) atoms. The fourth-order valence-corrected chi connectivity index (χ4v) is 2.00. The summed E-state index contributed by atoms with van der Waals surface area (Å²) in [5.74, 6) is 0.787. The van der Waals surface area contributed by atoms with Gasteiger partial charge in [0.1, 0.15) is 5.75 Å². The third kappa shape index (κ3) is 3.35. The maximum Gasteiger partial charge on any atom is 0.225 e. The van der Waals surface area contributed by atoms with Gasteiger partial charge in [-0.25, -0.2) is 0 Å². The maximum atomic E-state index is 5.35. The third-order valence-corrected chi connectivity index (χ3v) is 2.74. The molecule has 0 aliphatic rings. The molecule has 1 aromatic rings. The van der Waals surface area contributed by atoms with Crippen LogP contribution in [0.2, 0.25) is 0 Å². The van der Waals surface area contributed by atoms with Gasteiger partial charge in [0, 0.05) is 0 Å². The Morgan fingerprint density at radius 1 is 1.33 bits per heavy atom. The van der Waals surface area contributed by atoms with Crippen molar-refractivity contribution in [1.29, 1.82) is 0 Å². The minimum absolute atomic E-state index is 0.616. The van der Waals surface area contributed by atoms with E-state index in [9.17, 15) is 0 Å². The van der Waals surface area contributed by atoms with Crippen molar-refractivity contribution in [3.63, 3.8) is 0 Å². The van der Waals surface area contributed by atoms with Crippen LogP contribution in [0.3, 0.4) is 0 Å². The second-order valence-corrected chi connectivity index (χ2v) is 4.09. The molecule has 0 aliphatic carbocycles. The fourth-order valence-electron chi connectivity index (χ4n) is 0.732. The molecule has 1 unspecified atom stereocenters. The molecule has 0 aliphatic heterocycles. The normalized spacial score (nSPS) is 12.4. The average molecular weight is 202 g/mol. The van der Waals surface area contributed by atoms with Gasteiger partial charge in [0.05, 0.1) is 6.61 Å². The molecule has 0 fully saturated rings. The van der Waals surface area contributed by atoms with Gasteiger partial charge in [-0.2, -0.15) is 0 Å². The van der Waals surface area contributed by atoms with Crippen molar-refractivity contribution in [1.82, 2.24) is 0 Å². The standard InChI is InChI=1S/C8H11O2PS/c1-2-9-11(12)10-8-6-4-3-5-7-8/h3-7,11H,2H2,1H3. The highest BCUT2D eigenvalue weighted by molar-refractivity contribution is 8.00. The molecule has 0 saturated carbocycles. The first-order valence-electron chi connectivity index (χ1n) is 3.72. The molecule has 0 amide bonds. The topological polar surface area (TPSA) is 18.5 Å². The average Bonchev–Trinajstić information content (AvgIpc) is 2.06. The van der Waals surface area contributed by atoms with Crippen LogP contribution in [0, 0.1) is 0 Å². The number of hydrogen-bond donors (Lipinski definition) is 0. The minimum atomic E-state index is -1.51. The second kappa shape index (κ2) is 5.31. The smallest absolute Gasteiger partial charge is 0.225 e. The maximum absolute atomic E-state index is 5.35. The van der Waals surface area contributed by atoms with Gasteiger partial charge in [0.2, 0.25) is 7.15 Å². The summed E-state index contributed by atoms with van der Waals surface area (Å²) in [5.41, 5.74) is 0. The van der Waals surface area contributed by atoms with Gasteiger partial charge in [-0.05, 0) is 30.9 Å². The molecule has 1 atom stereocenters. The Hall–Kier alpha value is -0.370. The van der Waals surface area contributed by atoms with Gasteiger partial charge in [-0.1, -0.05) is 18.2 Å². The zero-order chi connectivity index (χ0) is 8.81. The summed E-state index contributed by atoms with van der Waals surface area (Å²) in [4.78, 5) is 0. The number of benzene rings is 1. The first kappa shape index (κ1) is 9.72. The highest BCUT2D eigenvalue weighted by Crippen LogP contribution is 2.27. The van der Waals surface area contributed by atoms with Gasteiger partial charge < -0.3 is 9.05 Å². The van der Waals surface area contributed by atoms with Gasteiger partial charge in [0.25, 0.3) is 0 Å². The van der Waals surface area contributed by atoms with Crippen LogP contribution in [0.5, 0.6) is 5.75 Å². The van der Waals surface area contributed by atoms with E-state index in [1.54, 1.807) is 0 Å². The van der Waals surface area contributed by atoms with Crippen LogP contribution in [-0.4, -0.2) is 6.61 Å². The molecule has 0 spiro atoms. The SMILES string of the molecule is CCO[PH](=S)Oc1ccccc1. The van der Waals surface area contributed by atoms with E-state index in [4.69, 9.17) is 20.9 Å². The monoisotopic (exact) mass is 202 g/mol. The van der Waals surface area contributed by atoms with Crippen molar-refractivity contribution >= 4 is 19.0 Å². The van der Waals surface area contributed by atoms with E-state index in [0.29, 0.717) is 6.61 Å². The van der Waals surface area contributed by atoms with E-state index < -0.39 is 7.15 Å². The second-order valence-electron chi connectivity index (χ2n) is 2.10. The van der Waals surface area contributed by atoms with Crippen molar-refractivity contribution in [2.45, 2.75) is 6.92 Å². The van der Waals surface area contributed by atoms with Crippen molar-refractivity contribution in [2.24, 2.45) is 0 Å². The number of hydrogen-bond acceptors (Lipinski definition) is 3. The highest BCUT2D eigenvalue weighted by atomic mass is 32.4. The molecule has 4 heteroatoms. The predicted molar refractivity (Wildman–Crippen MR) is 54.4 cm³/mol. The Bertz CT molecular complexity index is 250. The molecule has 66 valence electrons. The van der Waals surface area contributed by atoms with Crippen LogP contribution in [-0.2, 0) is 16.3 Å². The molecule has 2 nitrogen and oxygen atoms in total. The summed E-state index contributed by atoms with van der Waals surface area (Å²) < 4.78 is 10.5. The van der Waals surface area contributed by atoms with Crippen LogP contribution >= 0.6 is 7.15 Å². The fraction of sp³-hybridized carbons (Fsp3) is 0.250. The third-order valence-electron chi connectivity index (χ3n) is 1.21. The van der Waals surface area contributed by atoms with E-state index in [1.807, 2.05) is 37.3 Å². The molecular weight excluding hydrogens is 191 g/mol. The van der Waals surface area contributed by atoms with E-state index in [1.165, 1.54) is 0 Å². The van der Waals surface area contributed by atoms with Gasteiger partial charge in [0.15, 0.2) is 0 Å². The number of rotatable bonds is 4. The Balaban J connectivity index is 2.47. The van der Waals surface area contributed by atoms with Crippen LogP contribution in [0.15, 0.2) is 30.3 Å². The highest BCUT2D eigenvalue weighted by Gasteiger charge is 1.94. The van der Waals surface area contributed by atoms with Gasteiger partial charge >= 0.3 is 0 Å². The zero-order valence-corrected chi connectivity index (χ0v) is 8.64. The van der Waals surface area contributed by atoms with E-state index in [2.05, 4.69) is 0 Å². The largest absolute Gasteiger partial charge is 0.446 e. The van der Waals surface area contributed by atoms with Crippen molar-refractivity contribution < 1.29 is 9.05 Å². The van der Waals surface area contributed by atoms with Crippen LogP contribution in [0.4, 0.5) is 0 Å². The van der Waals surface area contributed by atoms with E-state index in [-0.39, 0.29) is 0 Å². The number of para-hydroxylation sites is 1. The summed E-state index contributed by atoms with van der Waals surface area (Å²) in [6.45, 7) is 2.52. The Morgan fingerprint density at radius 2 is 2.00 bits per heavy atom. The Kier molecular flexibility index (Phi) is 4.30. The summed E-state index contributed by atoms with van der Waals surface area (Å²) in [5, 5.41) is 0. The summed E-state index contributed by atoms with van der Waals surface area (Å²) in [7, 11) is -1.51. The summed E-state index contributed by atoms with van der Waals surface area (Å²) >= 11 is 4.98. The predicted octanol–water partition coefficient (Wildman–Crippen LogP) is 2.61. The van der Waals surface area contributed by atoms with E-state index in [0.717, 1.165) is 5.75 Å². The molecule has 0 radical (unpaired) electrons. The molecule has 1 aromatic carbocycles. The lowest BCUT2D eigenvalue weighted by Gasteiger charge is -2.06. The molecule has 1 rings (SSSR count). The molecule has 0 bridgehead atoms. The first-order valence-corrected chi connectivity index (χ1v) is 6.17. The van der Waals surface area contributed by atoms with E-state index >= 15 is 0 Å². The lowest BCUT2D eigenvalue weighted by atomic mass is 10.3. The molecular formula is C8H11O2PS. The molecule has 0 N–H and O–H groups in total. The zero-order valence-electron chi connectivity index (χ0n) is 6.82. The summed E-state index contributed by atoms with van der Waals surface area (Å²) in [6.07, 6.45) is 0. The van der Waals surface area contributed by atoms with Crippen molar-refractivity contribution in [3.8, 4) is 5.75 Å². The Morgan fingerprint density at radius 3 is 2.58 bits per heavy atom. The van der Waals surface area contributed by atoms with Gasteiger partial charge in [-0.15, -0.1) is 0 Å². The lowest BCUT2D eigenvalue weighted by Crippen LogP contribution is -1.84. The van der Waals surface area contributed by atoms with Crippen molar-refractivity contribution in [2.75, 3.05) is 6.61 Å². The van der Waals surface area contributed by atoms with Gasteiger partial charge in [-0.3, -0.25) is 0 Å². The minimum Gasteiger partial charge on any atom is -0.446 e. The molecule has 0 saturated heterocycles. The first-order chi connectivity index (χ1) is 5.83. The van der Waals surface area contributed by atoms with Crippen molar-refractivity contribution in [3.05, 3.63) is 30.3 Å². The Labute approximate surface area is 78.1 Å². The summed E-state index contributed by atoms with van der Waals surface area (Å²) in [6, 6.07) is 9.49. The van der Waals surface area contributed by atoms with Crippen LogP contribution in [0.1, 0.15) is 6.92 Å². The molecule has 0 aromatic heterocycles. The van der Waals surface area contributed by atoms with Crippen LogP contribution in [0.25, 0.3) is 0 Å². The quantitative estimate of drug-likeness (QED) is 0.699. The lowest BCUT2D eigenvalue weighted by molar-refractivity contribution is 0.349. The van der Waals surface area contributed by atoms with Crippen LogP contribution < -0.4 is 4.52 Å². The molecule has 0 heterocycles.